The molecule has 2 aromatic heterocycles. The predicted molar refractivity (Wildman–Crippen MR) is 75.2 cm³/mol. The standard InChI is InChI=1S/C13H19N5S/c1-9-10(2)19-12(16-9)7-18-5-3-4-11(6-18)13-14-8-15-17-13/h8,11H,3-7H2,1-2H3,(H,14,15,17). The Morgan fingerprint density at radius 3 is 3.05 bits per heavy atom. The fraction of sp³-hybridized carbons (Fsp3) is 0.615. The number of hydrogen-bond donors (Lipinski definition) is 1. The lowest BCUT2D eigenvalue weighted by atomic mass is 9.97. The van der Waals surface area contributed by atoms with Crippen LogP contribution in [0, 0.1) is 13.8 Å². The molecule has 0 spiro atoms. The third-order valence-electron chi connectivity index (χ3n) is 3.76. The Bertz CT molecular complexity index is 514. The lowest BCUT2D eigenvalue weighted by Gasteiger charge is -2.30. The number of nitrogens with zero attached hydrogens (tertiary/aromatic N) is 4. The third-order valence-corrected chi connectivity index (χ3v) is 4.82. The van der Waals surface area contributed by atoms with Gasteiger partial charge in [0.05, 0.1) is 12.2 Å². The number of aromatic nitrogens is 4. The number of thiazole rings is 1. The zero-order valence-corrected chi connectivity index (χ0v) is 12.2. The Labute approximate surface area is 117 Å². The molecule has 1 aliphatic rings. The number of piperidine rings is 1. The van der Waals surface area contributed by atoms with Gasteiger partial charge in [0.15, 0.2) is 0 Å². The van der Waals surface area contributed by atoms with Crippen LogP contribution in [0.15, 0.2) is 6.33 Å². The molecule has 0 radical (unpaired) electrons. The molecule has 2 aromatic rings. The van der Waals surface area contributed by atoms with Crippen molar-refractivity contribution in [3.8, 4) is 0 Å². The molecule has 6 heteroatoms. The summed E-state index contributed by atoms with van der Waals surface area (Å²) in [5.74, 6) is 1.51. The van der Waals surface area contributed by atoms with Gasteiger partial charge in [0.25, 0.3) is 0 Å². The molecule has 1 aliphatic heterocycles. The molecule has 1 fully saturated rings. The highest BCUT2D eigenvalue weighted by molar-refractivity contribution is 7.11. The summed E-state index contributed by atoms with van der Waals surface area (Å²) in [4.78, 5) is 12.7. The highest BCUT2D eigenvalue weighted by atomic mass is 32.1. The Kier molecular flexibility index (Phi) is 3.61. The first-order valence-corrected chi connectivity index (χ1v) is 7.54. The van der Waals surface area contributed by atoms with Gasteiger partial charge >= 0.3 is 0 Å². The van der Waals surface area contributed by atoms with Crippen LogP contribution in [0.25, 0.3) is 0 Å². The topological polar surface area (TPSA) is 57.7 Å². The number of likely N-dealkylation sites (tertiary alicyclic amines) is 1. The molecule has 0 bridgehead atoms. The summed E-state index contributed by atoms with van der Waals surface area (Å²) in [6, 6.07) is 0. The number of aryl methyl sites for hydroxylation is 2. The fourth-order valence-corrected chi connectivity index (χ4v) is 3.61. The van der Waals surface area contributed by atoms with Gasteiger partial charge in [-0.3, -0.25) is 10.00 Å². The molecule has 19 heavy (non-hydrogen) atoms. The van der Waals surface area contributed by atoms with Crippen molar-refractivity contribution in [1.29, 1.82) is 0 Å². The molecule has 3 rings (SSSR count). The van der Waals surface area contributed by atoms with Crippen molar-refractivity contribution in [2.45, 2.75) is 39.2 Å². The quantitative estimate of drug-likeness (QED) is 0.935. The molecule has 1 N–H and O–H groups in total. The van der Waals surface area contributed by atoms with E-state index >= 15 is 0 Å². The van der Waals surface area contributed by atoms with Crippen molar-refractivity contribution in [1.82, 2.24) is 25.1 Å². The van der Waals surface area contributed by atoms with Crippen LogP contribution in [0.1, 0.15) is 40.2 Å². The summed E-state index contributed by atoms with van der Waals surface area (Å²) in [6.45, 7) is 7.39. The monoisotopic (exact) mass is 277 g/mol. The number of H-pyrrole nitrogens is 1. The maximum atomic E-state index is 4.63. The lowest BCUT2D eigenvalue weighted by molar-refractivity contribution is 0.196. The van der Waals surface area contributed by atoms with Gasteiger partial charge in [-0.25, -0.2) is 9.97 Å². The molecule has 1 atom stereocenters. The van der Waals surface area contributed by atoms with Gasteiger partial charge in [-0.2, -0.15) is 5.10 Å². The highest BCUT2D eigenvalue weighted by Gasteiger charge is 2.24. The van der Waals surface area contributed by atoms with Crippen LogP contribution in [0.3, 0.4) is 0 Å². The van der Waals surface area contributed by atoms with E-state index in [9.17, 15) is 0 Å². The number of hydrogen-bond acceptors (Lipinski definition) is 5. The van der Waals surface area contributed by atoms with E-state index in [-0.39, 0.29) is 0 Å². The summed E-state index contributed by atoms with van der Waals surface area (Å²) >= 11 is 1.82. The summed E-state index contributed by atoms with van der Waals surface area (Å²) in [5.41, 5.74) is 1.17. The third kappa shape index (κ3) is 2.84. The van der Waals surface area contributed by atoms with Gasteiger partial charge in [0.1, 0.15) is 17.2 Å². The average Bonchev–Trinajstić information content (AvgIpc) is 3.01. The molecule has 0 aliphatic carbocycles. The molecule has 0 aromatic carbocycles. The molecule has 5 nitrogen and oxygen atoms in total. The molecule has 0 saturated carbocycles. The Morgan fingerprint density at radius 2 is 2.37 bits per heavy atom. The second kappa shape index (κ2) is 5.38. The van der Waals surface area contributed by atoms with Gasteiger partial charge in [0.2, 0.25) is 0 Å². The van der Waals surface area contributed by atoms with E-state index in [0.717, 1.165) is 25.5 Å². The average molecular weight is 277 g/mol. The van der Waals surface area contributed by atoms with Crippen LogP contribution in [0.2, 0.25) is 0 Å². The van der Waals surface area contributed by atoms with Crippen molar-refractivity contribution >= 4 is 11.3 Å². The fourth-order valence-electron chi connectivity index (χ4n) is 2.63. The minimum Gasteiger partial charge on any atom is -0.296 e. The molecular weight excluding hydrogens is 258 g/mol. The van der Waals surface area contributed by atoms with Crippen LogP contribution in [-0.4, -0.2) is 38.2 Å². The van der Waals surface area contributed by atoms with Crippen molar-refractivity contribution in [3.63, 3.8) is 0 Å². The zero-order valence-electron chi connectivity index (χ0n) is 11.4. The first kappa shape index (κ1) is 12.7. The minimum atomic E-state index is 0.485. The Balaban J connectivity index is 1.65. The number of nitrogens with one attached hydrogen (secondary N) is 1. The van der Waals surface area contributed by atoms with Crippen LogP contribution in [0.5, 0.6) is 0 Å². The largest absolute Gasteiger partial charge is 0.296 e. The second-order valence-corrected chi connectivity index (χ2v) is 6.48. The van der Waals surface area contributed by atoms with E-state index in [2.05, 4.69) is 38.9 Å². The van der Waals surface area contributed by atoms with E-state index in [1.54, 1.807) is 6.33 Å². The van der Waals surface area contributed by atoms with Crippen LogP contribution in [0.4, 0.5) is 0 Å². The van der Waals surface area contributed by atoms with Gasteiger partial charge < -0.3 is 0 Å². The molecule has 102 valence electrons. The van der Waals surface area contributed by atoms with E-state index < -0.39 is 0 Å². The normalized spacial score (nSPS) is 20.8. The van der Waals surface area contributed by atoms with Gasteiger partial charge in [-0.05, 0) is 33.2 Å². The van der Waals surface area contributed by atoms with E-state index in [4.69, 9.17) is 0 Å². The Hall–Kier alpha value is -1.27. The molecule has 0 amide bonds. The van der Waals surface area contributed by atoms with Gasteiger partial charge in [0, 0.05) is 17.3 Å². The summed E-state index contributed by atoms with van der Waals surface area (Å²) in [6.07, 6.45) is 4.01. The summed E-state index contributed by atoms with van der Waals surface area (Å²) < 4.78 is 0. The van der Waals surface area contributed by atoms with Crippen LogP contribution < -0.4 is 0 Å². The first-order chi connectivity index (χ1) is 9.22. The van der Waals surface area contributed by atoms with Crippen molar-refractivity contribution in [3.05, 3.63) is 27.7 Å². The van der Waals surface area contributed by atoms with Crippen molar-refractivity contribution in [2.75, 3.05) is 13.1 Å². The molecule has 1 saturated heterocycles. The number of rotatable bonds is 3. The SMILES string of the molecule is Cc1nc(CN2CCCC(c3ncn[nH]3)C2)sc1C. The molecule has 3 heterocycles. The van der Waals surface area contributed by atoms with Crippen LogP contribution >= 0.6 is 11.3 Å². The lowest BCUT2D eigenvalue weighted by Crippen LogP contribution is -2.34. The van der Waals surface area contributed by atoms with Crippen molar-refractivity contribution in [2.24, 2.45) is 0 Å². The molecule has 1 unspecified atom stereocenters. The van der Waals surface area contributed by atoms with Crippen LogP contribution in [-0.2, 0) is 6.54 Å². The smallest absolute Gasteiger partial charge is 0.137 e. The van der Waals surface area contributed by atoms with E-state index in [1.807, 2.05) is 11.3 Å². The maximum Gasteiger partial charge on any atom is 0.137 e. The molecular formula is C13H19N5S. The highest BCUT2D eigenvalue weighted by Crippen LogP contribution is 2.26. The minimum absolute atomic E-state index is 0.485. The van der Waals surface area contributed by atoms with E-state index in [1.165, 1.54) is 28.4 Å². The number of aromatic amines is 1. The zero-order chi connectivity index (χ0) is 13.2. The maximum absolute atomic E-state index is 4.63. The Morgan fingerprint density at radius 1 is 1.47 bits per heavy atom. The summed E-state index contributed by atoms with van der Waals surface area (Å²) in [7, 11) is 0. The van der Waals surface area contributed by atoms with Gasteiger partial charge in [-0.1, -0.05) is 0 Å². The first-order valence-electron chi connectivity index (χ1n) is 6.73. The van der Waals surface area contributed by atoms with Gasteiger partial charge in [-0.15, -0.1) is 11.3 Å². The second-order valence-electron chi connectivity index (χ2n) is 5.19. The van der Waals surface area contributed by atoms with E-state index in [0.29, 0.717) is 5.92 Å². The predicted octanol–water partition coefficient (Wildman–Crippen LogP) is 2.26. The van der Waals surface area contributed by atoms with Crippen molar-refractivity contribution < 1.29 is 0 Å². The summed E-state index contributed by atoms with van der Waals surface area (Å²) in [5, 5.41) is 8.19.